The number of hydrogen-bond acceptors (Lipinski definition) is 4. The van der Waals surface area contributed by atoms with E-state index < -0.39 is 0 Å². The Morgan fingerprint density at radius 3 is 2.95 bits per heavy atom. The molecule has 5 nitrogen and oxygen atoms in total. The van der Waals surface area contributed by atoms with Crippen molar-refractivity contribution >= 4 is 0 Å². The van der Waals surface area contributed by atoms with E-state index in [1.165, 1.54) is 5.69 Å². The van der Waals surface area contributed by atoms with Crippen LogP contribution in [0.3, 0.4) is 0 Å². The van der Waals surface area contributed by atoms with Gasteiger partial charge in [0.25, 0.3) is 0 Å². The number of rotatable bonds is 5. The molecule has 1 aromatic rings. The molecule has 19 heavy (non-hydrogen) atoms. The molecule has 2 heterocycles. The molecule has 108 valence electrons. The van der Waals surface area contributed by atoms with E-state index in [2.05, 4.69) is 53.0 Å². The molecule has 0 amide bonds. The number of aromatic amines is 1. The topological polar surface area (TPSA) is 47.2 Å². The Kier molecular flexibility index (Phi) is 4.96. The maximum absolute atomic E-state index is 4.51. The SMILES string of the molecule is CC(C)NCc1cnc(CC2CN(C)CCN2C)[nH]1. The summed E-state index contributed by atoms with van der Waals surface area (Å²) < 4.78 is 0. The minimum absolute atomic E-state index is 0.505. The molecule has 5 heteroatoms. The molecule has 1 aliphatic heterocycles. The van der Waals surface area contributed by atoms with Gasteiger partial charge in [-0.05, 0) is 14.1 Å². The van der Waals surface area contributed by atoms with Gasteiger partial charge < -0.3 is 20.1 Å². The highest BCUT2D eigenvalue weighted by Crippen LogP contribution is 2.11. The molecule has 0 aromatic carbocycles. The highest BCUT2D eigenvalue weighted by Gasteiger charge is 2.23. The first-order valence-corrected chi connectivity index (χ1v) is 7.19. The van der Waals surface area contributed by atoms with Crippen molar-refractivity contribution in [2.45, 2.75) is 38.9 Å². The number of nitrogens with one attached hydrogen (secondary N) is 2. The fraction of sp³-hybridized carbons (Fsp3) is 0.786. The van der Waals surface area contributed by atoms with Gasteiger partial charge in [0.2, 0.25) is 0 Å². The number of nitrogens with zero attached hydrogens (tertiary/aromatic N) is 3. The molecular formula is C14H27N5. The molecule has 1 aliphatic rings. The molecule has 1 unspecified atom stereocenters. The lowest BCUT2D eigenvalue weighted by molar-refractivity contribution is 0.113. The number of H-pyrrole nitrogens is 1. The standard InChI is InChI=1S/C14H27N5/c1-11(2)15-8-12-9-16-14(17-12)7-13-10-18(3)5-6-19(13)4/h9,11,13,15H,5-8,10H2,1-4H3,(H,16,17). The van der Waals surface area contributed by atoms with Crippen LogP contribution in [0.5, 0.6) is 0 Å². The molecule has 2 N–H and O–H groups in total. The van der Waals surface area contributed by atoms with Gasteiger partial charge in [0.1, 0.15) is 5.82 Å². The molecule has 2 rings (SSSR count). The Bertz CT molecular complexity index is 387. The fourth-order valence-electron chi connectivity index (χ4n) is 2.46. The Hall–Kier alpha value is -0.910. The van der Waals surface area contributed by atoms with Crippen LogP contribution in [0.2, 0.25) is 0 Å². The molecule has 1 saturated heterocycles. The van der Waals surface area contributed by atoms with Gasteiger partial charge >= 0.3 is 0 Å². The highest BCUT2D eigenvalue weighted by molar-refractivity contribution is 5.03. The molecule has 0 aliphatic carbocycles. The molecule has 0 saturated carbocycles. The van der Waals surface area contributed by atoms with Crippen molar-refractivity contribution in [3.05, 3.63) is 17.7 Å². The summed E-state index contributed by atoms with van der Waals surface area (Å²) in [5.41, 5.74) is 1.18. The third-order valence-electron chi connectivity index (χ3n) is 3.79. The van der Waals surface area contributed by atoms with E-state index in [4.69, 9.17) is 0 Å². The first-order chi connectivity index (χ1) is 9.04. The van der Waals surface area contributed by atoms with Crippen LogP contribution in [0.1, 0.15) is 25.4 Å². The van der Waals surface area contributed by atoms with Crippen LogP contribution in [0.15, 0.2) is 6.20 Å². The van der Waals surface area contributed by atoms with Crippen LogP contribution in [0, 0.1) is 0 Å². The molecule has 1 aromatic heterocycles. The zero-order chi connectivity index (χ0) is 13.8. The summed E-state index contributed by atoms with van der Waals surface area (Å²) in [5, 5.41) is 3.40. The van der Waals surface area contributed by atoms with Crippen LogP contribution in [-0.4, -0.2) is 65.6 Å². The first kappa shape index (κ1) is 14.5. The zero-order valence-electron chi connectivity index (χ0n) is 12.6. The van der Waals surface area contributed by atoms with Crippen LogP contribution in [0.4, 0.5) is 0 Å². The maximum atomic E-state index is 4.51. The van der Waals surface area contributed by atoms with Crippen LogP contribution in [-0.2, 0) is 13.0 Å². The summed E-state index contributed by atoms with van der Waals surface area (Å²) in [7, 11) is 4.40. The first-order valence-electron chi connectivity index (χ1n) is 7.19. The number of aromatic nitrogens is 2. The minimum Gasteiger partial charge on any atom is -0.345 e. The molecule has 0 spiro atoms. The second-order valence-corrected chi connectivity index (χ2v) is 5.99. The number of imidazole rings is 1. The van der Waals surface area contributed by atoms with Crippen molar-refractivity contribution in [1.82, 2.24) is 25.1 Å². The van der Waals surface area contributed by atoms with E-state index in [9.17, 15) is 0 Å². The molecular weight excluding hydrogens is 238 g/mol. The quantitative estimate of drug-likeness (QED) is 0.822. The lowest BCUT2D eigenvalue weighted by Crippen LogP contribution is -2.50. The lowest BCUT2D eigenvalue weighted by atomic mass is 10.1. The predicted molar refractivity (Wildman–Crippen MR) is 78.2 cm³/mol. The summed E-state index contributed by atoms with van der Waals surface area (Å²) in [6.07, 6.45) is 2.96. The second kappa shape index (κ2) is 6.50. The molecule has 0 radical (unpaired) electrons. The Labute approximate surface area is 116 Å². The van der Waals surface area contributed by atoms with E-state index in [-0.39, 0.29) is 0 Å². The van der Waals surface area contributed by atoms with Crippen molar-refractivity contribution in [3.63, 3.8) is 0 Å². The largest absolute Gasteiger partial charge is 0.345 e. The summed E-state index contributed by atoms with van der Waals surface area (Å²) in [5.74, 6) is 1.10. The average molecular weight is 265 g/mol. The smallest absolute Gasteiger partial charge is 0.107 e. The Balaban J connectivity index is 1.88. The third-order valence-corrected chi connectivity index (χ3v) is 3.79. The maximum Gasteiger partial charge on any atom is 0.107 e. The van der Waals surface area contributed by atoms with Gasteiger partial charge in [-0.15, -0.1) is 0 Å². The molecule has 1 atom stereocenters. The van der Waals surface area contributed by atoms with Crippen molar-refractivity contribution in [2.75, 3.05) is 33.7 Å². The van der Waals surface area contributed by atoms with Crippen LogP contribution >= 0.6 is 0 Å². The Morgan fingerprint density at radius 1 is 1.42 bits per heavy atom. The van der Waals surface area contributed by atoms with Gasteiger partial charge in [-0.1, -0.05) is 13.8 Å². The second-order valence-electron chi connectivity index (χ2n) is 5.99. The van der Waals surface area contributed by atoms with E-state index in [1.54, 1.807) is 0 Å². The number of hydrogen-bond donors (Lipinski definition) is 2. The van der Waals surface area contributed by atoms with Gasteiger partial charge in [-0.25, -0.2) is 4.98 Å². The summed E-state index contributed by atoms with van der Waals surface area (Å²) >= 11 is 0. The van der Waals surface area contributed by atoms with Crippen molar-refractivity contribution in [2.24, 2.45) is 0 Å². The normalized spacial score (nSPS) is 22.3. The Morgan fingerprint density at radius 2 is 2.21 bits per heavy atom. The van der Waals surface area contributed by atoms with Gasteiger partial charge in [-0.3, -0.25) is 0 Å². The van der Waals surface area contributed by atoms with Crippen molar-refractivity contribution in [3.8, 4) is 0 Å². The zero-order valence-corrected chi connectivity index (χ0v) is 12.6. The molecule has 0 bridgehead atoms. The average Bonchev–Trinajstić information content (AvgIpc) is 2.79. The van der Waals surface area contributed by atoms with E-state index in [0.29, 0.717) is 12.1 Å². The van der Waals surface area contributed by atoms with E-state index >= 15 is 0 Å². The lowest BCUT2D eigenvalue weighted by Gasteiger charge is -2.37. The van der Waals surface area contributed by atoms with Crippen molar-refractivity contribution in [1.29, 1.82) is 0 Å². The van der Waals surface area contributed by atoms with E-state index in [0.717, 1.165) is 38.4 Å². The van der Waals surface area contributed by atoms with Gasteiger partial charge in [0.15, 0.2) is 0 Å². The van der Waals surface area contributed by atoms with Gasteiger partial charge in [0.05, 0.1) is 0 Å². The highest BCUT2D eigenvalue weighted by atomic mass is 15.3. The summed E-state index contributed by atoms with van der Waals surface area (Å²) in [6, 6.07) is 1.07. The van der Waals surface area contributed by atoms with Gasteiger partial charge in [-0.2, -0.15) is 0 Å². The van der Waals surface area contributed by atoms with Crippen LogP contribution in [0.25, 0.3) is 0 Å². The minimum atomic E-state index is 0.505. The van der Waals surface area contributed by atoms with Crippen molar-refractivity contribution < 1.29 is 0 Å². The summed E-state index contributed by atoms with van der Waals surface area (Å²) in [4.78, 5) is 12.8. The van der Waals surface area contributed by atoms with E-state index in [1.807, 2.05) is 6.20 Å². The number of likely N-dealkylation sites (N-methyl/N-ethyl adjacent to an activating group) is 2. The van der Waals surface area contributed by atoms with Crippen LogP contribution < -0.4 is 5.32 Å². The van der Waals surface area contributed by atoms with Gasteiger partial charge in [0, 0.05) is 56.6 Å². The number of piperazine rings is 1. The monoisotopic (exact) mass is 265 g/mol. The fourth-order valence-corrected chi connectivity index (χ4v) is 2.46. The summed E-state index contributed by atoms with van der Waals surface area (Å²) in [6.45, 7) is 8.61. The third kappa shape index (κ3) is 4.30. The molecule has 1 fully saturated rings. The predicted octanol–water partition coefficient (Wildman–Crippen LogP) is 0.696.